The third kappa shape index (κ3) is 4.00. The standard InChI is InChI=1S/C20H23NO4/c1-14-7-8-18(22)17(11-14)20(24)21-9-10-25-13-16(21)12-19(23)15-5-3-2-4-6-15/h2-8,11,16,19,22-23H,9-10,12-13H2,1H3. The van der Waals surface area contributed by atoms with Gasteiger partial charge >= 0.3 is 0 Å². The molecule has 0 radical (unpaired) electrons. The van der Waals surface area contributed by atoms with E-state index in [9.17, 15) is 15.0 Å². The molecule has 0 aliphatic carbocycles. The second-order valence-electron chi connectivity index (χ2n) is 6.41. The lowest BCUT2D eigenvalue weighted by molar-refractivity contribution is -0.0175. The second-order valence-corrected chi connectivity index (χ2v) is 6.41. The molecule has 1 saturated heterocycles. The van der Waals surface area contributed by atoms with E-state index in [0.717, 1.165) is 11.1 Å². The molecule has 3 rings (SSSR count). The molecule has 2 N–H and O–H groups in total. The summed E-state index contributed by atoms with van der Waals surface area (Å²) in [7, 11) is 0. The third-order valence-corrected chi connectivity index (χ3v) is 4.55. The number of benzene rings is 2. The average molecular weight is 341 g/mol. The summed E-state index contributed by atoms with van der Waals surface area (Å²) in [6.07, 6.45) is -0.281. The van der Waals surface area contributed by atoms with Crippen molar-refractivity contribution < 1.29 is 19.7 Å². The van der Waals surface area contributed by atoms with Gasteiger partial charge in [-0.05, 0) is 24.6 Å². The maximum absolute atomic E-state index is 12.9. The van der Waals surface area contributed by atoms with Crippen molar-refractivity contribution in [3.63, 3.8) is 0 Å². The van der Waals surface area contributed by atoms with Gasteiger partial charge in [-0.1, -0.05) is 42.0 Å². The first-order valence-electron chi connectivity index (χ1n) is 8.47. The van der Waals surface area contributed by atoms with Crippen LogP contribution >= 0.6 is 0 Å². The van der Waals surface area contributed by atoms with Gasteiger partial charge in [0.15, 0.2) is 0 Å². The zero-order valence-corrected chi connectivity index (χ0v) is 14.3. The van der Waals surface area contributed by atoms with E-state index in [0.29, 0.717) is 31.7 Å². The highest BCUT2D eigenvalue weighted by atomic mass is 16.5. The highest BCUT2D eigenvalue weighted by Crippen LogP contribution is 2.26. The Bertz CT molecular complexity index is 732. The van der Waals surface area contributed by atoms with Crippen LogP contribution in [0.2, 0.25) is 0 Å². The predicted octanol–water partition coefficient (Wildman–Crippen LogP) is 2.67. The lowest BCUT2D eigenvalue weighted by Gasteiger charge is -2.37. The van der Waals surface area contributed by atoms with Crippen LogP contribution < -0.4 is 0 Å². The van der Waals surface area contributed by atoms with E-state index < -0.39 is 6.10 Å². The van der Waals surface area contributed by atoms with Crippen molar-refractivity contribution in [3.05, 3.63) is 65.2 Å². The summed E-state index contributed by atoms with van der Waals surface area (Å²) in [5.41, 5.74) is 2.02. The first kappa shape index (κ1) is 17.5. The quantitative estimate of drug-likeness (QED) is 0.897. The van der Waals surface area contributed by atoms with Crippen molar-refractivity contribution in [1.29, 1.82) is 0 Å². The van der Waals surface area contributed by atoms with Gasteiger partial charge in [0.2, 0.25) is 0 Å². The molecule has 1 amide bonds. The molecule has 0 aromatic heterocycles. The number of phenolic OH excluding ortho intramolecular Hbond substituents is 1. The molecule has 2 unspecified atom stereocenters. The number of carbonyl (C=O) groups excluding carboxylic acids is 1. The van der Waals surface area contributed by atoms with Gasteiger partial charge in [0.1, 0.15) is 5.75 Å². The monoisotopic (exact) mass is 341 g/mol. The van der Waals surface area contributed by atoms with E-state index in [4.69, 9.17) is 4.74 Å². The number of nitrogens with zero attached hydrogens (tertiary/aromatic N) is 1. The number of hydrogen-bond donors (Lipinski definition) is 2. The Morgan fingerprint density at radius 1 is 1.28 bits per heavy atom. The number of amides is 1. The molecule has 0 spiro atoms. The Kier molecular flexibility index (Phi) is 5.36. The Balaban J connectivity index is 1.78. The molecule has 0 bridgehead atoms. The van der Waals surface area contributed by atoms with Crippen molar-refractivity contribution in [2.45, 2.75) is 25.5 Å². The van der Waals surface area contributed by atoms with E-state index in [1.807, 2.05) is 37.3 Å². The van der Waals surface area contributed by atoms with Crippen LogP contribution in [-0.4, -0.2) is 46.8 Å². The van der Waals surface area contributed by atoms with Crippen LogP contribution in [0.15, 0.2) is 48.5 Å². The molecular weight excluding hydrogens is 318 g/mol. The number of aliphatic hydroxyl groups excluding tert-OH is 1. The van der Waals surface area contributed by atoms with Crippen LogP contribution in [0.5, 0.6) is 5.75 Å². The normalized spacial score (nSPS) is 18.8. The van der Waals surface area contributed by atoms with Crippen LogP contribution in [0, 0.1) is 6.92 Å². The number of aliphatic hydroxyl groups is 1. The molecule has 5 heteroatoms. The molecule has 25 heavy (non-hydrogen) atoms. The molecule has 1 heterocycles. The van der Waals surface area contributed by atoms with Gasteiger partial charge in [0.25, 0.3) is 5.91 Å². The SMILES string of the molecule is Cc1ccc(O)c(C(=O)N2CCOCC2CC(O)c2ccccc2)c1. The van der Waals surface area contributed by atoms with Gasteiger partial charge in [-0.3, -0.25) is 4.79 Å². The second kappa shape index (κ2) is 7.68. The molecule has 1 fully saturated rings. The number of aryl methyl sites for hydroxylation is 1. The minimum absolute atomic E-state index is 0.0237. The Morgan fingerprint density at radius 3 is 2.80 bits per heavy atom. The number of ether oxygens (including phenoxy) is 1. The average Bonchev–Trinajstić information content (AvgIpc) is 2.64. The van der Waals surface area contributed by atoms with Crippen LogP contribution in [0.3, 0.4) is 0 Å². The van der Waals surface area contributed by atoms with E-state index in [-0.39, 0.29) is 17.7 Å². The van der Waals surface area contributed by atoms with Crippen molar-refractivity contribution >= 4 is 5.91 Å². The number of morpholine rings is 1. The van der Waals surface area contributed by atoms with E-state index in [1.165, 1.54) is 6.07 Å². The Hall–Kier alpha value is -2.37. The van der Waals surface area contributed by atoms with Crippen molar-refractivity contribution in [1.82, 2.24) is 4.90 Å². The first-order chi connectivity index (χ1) is 12.1. The van der Waals surface area contributed by atoms with Crippen molar-refractivity contribution in [3.8, 4) is 5.75 Å². The Labute approximate surface area is 147 Å². The fourth-order valence-corrected chi connectivity index (χ4v) is 3.16. The predicted molar refractivity (Wildman–Crippen MR) is 94.5 cm³/mol. The minimum atomic E-state index is -0.672. The van der Waals surface area contributed by atoms with Gasteiger partial charge in [-0.2, -0.15) is 0 Å². The summed E-state index contributed by atoms with van der Waals surface area (Å²) in [5, 5.41) is 20.6. The fourth-order valence-electron chi connectivity index (χ4n) is 3.16. The summed E-state index contributed by atoms with van der Waals surface area (Å²) in [4.78, 5) is 14.6. The maximum atomic E-state index is 12.9. The minimum Gasteiger partial charge on any atom is -0.507 e. The Morgan fingerprint density at radius 2 is 2.04 bits per heavy atom. The molecule has 1 aliphatic heterocycles. The summed E-state index contributed by atoms with van der Waals surface area (Å²) >= 11 is 0. The molecule has 1 aliphatic rings. The molecule has 2 aromatic rings. The molecular formula is C20H23NO4. The largest absolute Gasteiger partial charge is 0.507 e. The first-order valence-corrected chi connectivity index (χ1v) is 8.47. The van der Waals surface area contributed by atoms with E-state index in [2.05, 4.69) is 0 Å². The van der Waals surface area contributed by atoms with Gasteiger partial charge < -0.3 is 19.8 Å². The molecule has 0 saturated carbocycles. The molecule has 2 atom stereocenters. The topological polar surface area (TPSA) is 70.0 Å². The number of phenols is 1. The van der Waals surface area contributed by atoms with Crippen LogP contribution in [0.1, 0.15) is 34.0 Å². The number of hydrogen-bond acceptors (Lipinski definition) is 4. The fraction of sp³-hybridized carbons (Fsp3) is 0.350. The number of carbonyl (C=O) groups is 1. The van der Waals surface area contributed by atoms with Gasteiger partial charge in [0, 0.05) is 13.0 Å². The van der Waals surface area contributed by atoms with Crippen molar-refractivity contribution in [2.24, 2.45) is 0 Å². The zero-order chi connectivity index (χ0) is 17.8. The lowest BCUT2D eigenvalue weighted by atomic mass is 9.99. The van der Waals surface area contributed by atoms with Crippen LogP contribution in [0.25, 0.3) is 0 Å². The molecule has 2 aromatic carbocycles. The van der Waals surface area contributed by atoms with Crippen LogP contribution in [-0.2, 0) is 4.74 Å². The summed E-state index contributed by atoms with van der Waals surface area (Å²) in [5.74, 6) is -0.251. The summed E-state index contributed by atoms with van der Waals surface area (Å²) < 4.78 is 5.52. The zero-order valence-electron chi connectivity index (χ0n) is 14.3. The third-order valence-electron chi connectivity index (χ3n) is 4.55. The lowest BCUT2D eigenvalue weighted by Crippen LogP contribution is -2.49. The molecule has 132 valence electrons. The number of rotatable bonds is 4. The smallest absolute Gasteiger partial charge is 0.258 e. The van der Waals surface area contributed by atoms with E-state index in [1.54, 1.807) is 17.0 Å². The summed E-state index contributed by atoms with van der Waals surface area (Å²) in [6, 6.07) is 14.1. The summed E-state index contributed by atoms with van der Waals surface area (Å²) in [6.45, 7) is 3.16. The van der Waals surface area contributed by atoms with Crippen LogP contribution in [0.4, 0.5) is 0 Å². The van der Waals surface area contributed by atoms with Gasteiger partial charge in [-0.25, -0.2) is 0 Å². The van der Waals surface area contributed by atoms with Crippen molar-refractivity contribution in [2.75, 3.05) is 19.8 Å². The van der Waals surface area contributed by atoms with Gasteiger partial charge in [-0.15, -0.1) is 0 Å². The van der Waals surface area contributed by atoms with E-state index >= 15 is 0 Å². The maximum Gasteiger partial charge on any atom is 0.258 e. The molecule has 5 nitrogen and oxygen atoms in total. The van der Waals surface area contributed by atoms with Gasteiger partial charge in [0.05, 0.1) is 30.9 Å². The highest BCUT2D eigenvalue weighted by Gasteiger charge is 2.31. The number of aromatic hydroxyl groups is 1. The highest BCUT2D eigenvalue weighted by molar-refractivity contribution is 5.97.